The molecule has 1 aromatic carbocycles. The zero-order chi connectivity index (χ0) is 16.4. The number of aromatic nitrogens is 1. The fraction of sp³-hybridized carbons (Fsp3) is 0.556. The van der Waals surface area contributed by atoms with Gasteiger partial charge in [0.2, 0.25) is 0 Å². The van der Waals surface area contributed by atoms with Crippen LogP contribution in [0.2, 0.25) is 0 Å². The van der Waals surface area contributed by atoms with Crippen LogP contribution < -0.4 is 0 Å². The second-order valence-electron chi connectivity index (χ2n) is 6.86. The molecule has 1 aliphatic heterocycles. The molecule has 23 heavy (non-hydrogen) atoms. The van der Waals surface area contributed by atoms with Crippen molar-refractivity contribution in [1.29, 1.82) is 0 Å². The first-order valence-electron chi connectivity index (χ1n) is 8.17. The predicted octanol–water partition coefficient (Wildman–Crippen LogP) is 2.84. The van der Waals surface area contributed by atoms with Crippen LogP contribution in [0.3, 0.4) is 0 Å². The molecule has 4 nitrogen and oxygen atoms in total. The number of aryl methyl sites for hydroxylation is 1. The van der Waals surface area contributed by atoms with Gasteiger partial charge in [0.25, 0.3) is 0 Å². The average Bonchev–Trinajstić information content (AvgIpc) is 2.84. The number of hydrogen-bond acceptors (Lipinski definition) is 3. The van der Waals surface area contributed by atoms with E-state index in [9.17, 15) is 9.50 Å². The Morgan fingerprint density at radius 2 is 2.09 bits per heavy atom. The molecule has 2 aromatic rings. The Hall–Kier alpha value is -1.43. The third-order valence-electron chi connectivity index (χ3n) is 5.05. The van der Waals surface area contributed by atoms with E-state index in [-0.39, 0.29) is 17.8 Å². The van der Waals surface area contributed by atoms with Gasteiger partial charge in [0.05, 0.1) is 6.61 Å². The minimum absolute atomic E-state index is 0.0704. The number of H-pyrrole nitrogens is 1. The smallest absolute Gasteiger partial charge is 0.123 e. The topological polar surface area (TPSA) is 48.5 Å². The SMILES string of the molecule is Cc1c(CN(C)CC2(CO)CCOCC2)[nH]c2ccc(F)cc12. The van der Waals surface area contributed by atoms with E-state index in [0.717, 1.165) is 61.3 Å². The van der Waals surface area contributed by atoms with Gasteiger partial charge in [-0.25, -0.2) is 4.39 Å². The highest BCUT2D eigenvalue weighted by Gasteiger charge is 2.33. The van der Waals surface area contributed by atoms with Crippen molar-refractivity contribution in [3.63, 3.8) is 0 Å². The van der Waals surface area contributed by atoms with Gasteiger partial charge in [0, 0.05) is 48.3 Å². The Kier molecular flexibility index (Phi) is 4.71. The van der Waals surface area contributed by atoms with Gasteiger partial charge in [-0.1, -0.05) is 0 Å². The molecule has 0 amide bonds. The highest BCUT2D eigenvalue weighted by molar-refractivity contribution is 5.84. The van der Waals surface area contributed by atoms with E-state index in [1.807, 2.05) is 6.92 Å². The normalized spacial score (nSPS) is 18.0. The molecule has 5 heteroatoms. The van der Waals surface area contributed by atoms with E-state index in [1.165, 1.54) is 6.07 Å². The number of nitrogens with one attached hydrogen (secondary N) is 1. The Morgan fingerprint density at radius 1 is 1.35 bits per heavy atom. The standard InChI is InChI=1S/C18H25FN2O2/c1-13-15-9-14(19)3-4-16(15)20-17(13)10-21(2)11-18(12-22)5-7-23-8-6-18/h3-4,9,20,22H,5-8,10-12H2,1-2H3. The fourth-order valence-corrected chi connectivity index (χ4v) is 3.58. The van der Waals surface area contributed by atoms with Crippen molar-refractivity contribution in [2.75, 3.05) is 33.4 Å². The number of aliphatic hydroxyl groups is 1. The highest BCUT2D eigenvalue weighted by atomic mass is 19.1. The third-order valence-corrected chi connectivity index (χ3v) is 5.05. The molecule has 0 bridgehead atoms. The molecule has 0 atom stereocenters. The van der Waals surface area contributed by atoms with Crippen LogP contribution in [0, 0.1) is 18.2 Å². The molecule has 0 unspecified atom stereocenters. The summed E-state index contributed by atoms with van der Waals surface area (Å²) in [5.41, 5.74) is 3.10. The van der Waals surface area contributed by atoms with Crippen LogP contribution in [0.15, 0.2) is 18.2 Å². The summed E-state index contributed by atoms with van der Waals surface area (Å²) in [6.07, 6.45) is 1.79. The lowest BCUT2D eigenvalue weighted by atomic mass is 9.80. The number of fused-ring (bicyclic) bond motifs is 1. The van der Waals surface area contributed by atoms with Crippen LogP contribution in [-0.4, -0.2) is 48.4 Å². The number of halogens is 1. The number of hydrogen-bond donors (Lipinski definition) is 2. The summed E-state index contributed by atoms with van der Waals surface area (Å²) in [6.45, 7) is 5.24. The molecule has 1 aromatic heterocycles. The van der Waals surface area contributed by atoms with Gasteiger partial charge < -0.3 is 14.8 Å². The summed E-state index contributed by atoms with van der Waals surface area (Å²) in [5, 5.41) is 10.8. The Balaban J connectivity index is 1.74. The van der Waals surface area contributed by atoms with Gasteiger partial charge in [-0.3, -0.25) is 4.90 Å². The third kappa shape index (κ3) is 3.42. The summed E-state index contributed by atoms with van der Waals surface area (Å²) in [4.78, 5) is 5.63. The molecule has 0 spiro atoms. The maximum absolute atomic E-state index is 13.4. The molecular weight excluding hydrogens is 295 g/mol. The Bertz CT molecular complexity index is 677. The van der Waals surface area contributed by atoms with Gasteiger partial charge in [-0.05, 0) is 50.6 Å². The summed E-state index contributed by atoms with van der Waals surface area (Å²) in [6, 6.07) is 4.85. The van der Waals surface area contributed by atoms with Crippen molar-refractivity contribution < 1.29 is 14.2 Å². The maximum Gasteiger partial charge on any atom is 0.123 e. The van der Waals surface area contributed by atoms with Gasteiger partial charge in [0.1, 0.15) is 5.82 Å². The first-order valence-corrected chi connectivity index (χ1v) is 8.17. The van der Waals surface area contributed by atoms with Gasteiger partial charge in [-0.15, -0.1) is 0 Å². The van der Waals surface area contributed by atoms with Crippen LogP contribution in [0.25, 0.3) is 10.9 Å². The maximum atomic E-state index is 13.4. The molecule has 1 aliphatic rings. The zero-order valence-corrected chi connectivity index (χ0v) is 13.9. The Morgan fingerprint density at radius 3 is 2.78 bits per heavy atom. The number of benzene rings is 1. The van der Waals surface area contributed by atoms with Crippen LogP contribution in [-0.2, 0) is 11.3 Å². The molecule has 3 rings (SSSR count). The molecular formula is C18H25FN2O2. The summed E-state index contributed by atoms with van der Waals surface area (Å²) in [7, 11) is 2.07. The molecule has 2 heterocycles. The number of rotatable bonds is 5. The van der Waals surface area contributed by atoms with E-state index in [0.29, 0.717) is 0 Å². The van der Waals surface area contributed by atoms with E-state index < -0.39 is 0 Å². The lowest BCUT2D eigenvalue weighted by Crippen LogP contribution is -2.42. The zero-order valence-electron chi connectivity index (χ0n) is 13.9. The van der Waals surface area contributed by atoms with Crippen LogP contribution in [0.1, 0.15) is 24.1 Å². The molecule has 2 N–H and O–H groups in total. The summed E-state index contributed by atoms with van der Waals surface area (Å²) >= 11 is 0. The molecule has 0 aliphatic carbocycles. The van der Waals surface area contributed by atoms with Crippen molar-refractivity contribution >= 4 is 10.9 Å². The lowest BCUT2D eigenvalue weighted by molar-refractivity contribution is -0.0319. The molecule has 1 fully saturated rings. The van der Waals surface area contributed by atoms with Crippen LogP contribution in [0.5, 0.6) is 0 Å². The lowest BCUT2D eigenvalue weighted by Gasteiger charge is -2.38. The minimum atomic E-state index is -0.207. The molecule has 0 saturated carbocycles. The molecule has 0 radical (unpaired) electrons. The summed E-state index contributed by atoms with van der Waals surface area (Å²) < 4.78 is 18.9. The quantitative estimate of drug-likeness (QED) is 0.890. The van der Waals surface area contributed by atoms with Crippen molar-refractivity contribution in [2.24, 2.45) is 5.41 Å². The summed E-state index contributed by atoms with van der Waals surface area (Å²) in [5.74, 6) is -0.207. The highest BCUT2D eigenvalue weighted by Crippen LogP contribution is 2.31. The van der Waals surface area contributed by atoms with Crippen LogP contribution in [0.4, 0.5) is 4.39 Å². The first-order chi connectivity index (χ1) is 11.0. The number of nitrogens with zero attached hydrogens (tertiary/aromatic N) is 1. The second kappa shape index (κ2) is 6.59. The van der Waals surface area contributed by atoms with E-state index in [4.69, 9.17) is 4.74 Å². The van der Waals surface area contributed by atoms with Crippen molar-refractivity contribution in [2.45, 2.75) is 26.3 Å². The first kappa shape index (κ1) is 16.4. The predicted molar refractivity (Wildman–Crippen MR) is 88.9 cm³/mol. The van der Waals surface area contributed by atoms with Crippen molar-refractivity contribution in [3.05, 3.63) is 35.3 Å². The minimum Gasteiger partial charge on any atom is -0.396 e. The second-order valence-corrected chi connectivity index (χ2v) is 6.86. The van der Waals surface area contributed by atoms with E-state index >= 15 is 0 Å². The van der Waals surface area contributed by atoms with Crippen molar-refractivity contribution in [3.8, 4) is 0 Å². The van der Waals surface area contributed by atoms with Crippen molar-refractivity contribution in [1.82, 2.24) is 9.88 Å². The monoisotopic (exact) mass is 320 g/mol. The van der Waals surface area contributed by atoms with Gasteiger partial charge in [0.15, 0.2) is 0 Å². The van der Waals surface area contributed by atoms with E-state index in [2.05, 4.69) is 16.9 Å². The number of aliphatic hydroxyl groups excluding tert-OH is 1. The van der Waals surface area contributed by atoms with Gasteiger partial charge >= 0.3 is 0 Å². The van der Waals surface area contributed by atoms with Gasteiger partial charge in [-0.2, -0.15) is 0 Å². The largest absolute Gasteiger partial charge is 0.396 e. The van der Waals surface area contributed by atoms with E-state index in [1.54, 1.807) is 12.1 Å². The number of ether oxygens (including phenoxy) is 1. The fourth-order valence-electron chi connectivity index (χ4n) is 3.58. The molecule has 126 valence electrons. The number of aromatic amines is 1. The Labute approximate surface area is 136 Å². The van der Waals surface area contributed by atoms with Crippen LogP contribution >= 0.6 is 0 Å². The molecule has 1 saturated heterocycles. The average molecular weight is 320 g/mol.